The van der Waals surface area contributed by atoms with Gasteiger partial charge in [-0.3, -0.25) is 34.0 Å². The number of carbonyl (C=O) groups is 5. The molecule has 0 radical (unpaired) electrons. The summed E-state index contributed by atoms with van der Waals surface area (Å²) in [5.41, 5.74) is 9.12. The van der Waals surface area contributed by atoms with Crippen LogP contribution in [0.4, 0.5) is 8.78 Å². The first-order valence-corrected chi connectivity index (χ1v) is 23.8. The highest BCUT2D eigenvalue weighted by molar-refractivity contribution is 5.97. The van der Waals surface area contributed by atoms with Gasteiger partial charge < -0.3 is 39.4 Å². The Morgan fingerprint density at radius 2 is 1.84 bits per heavy atom. The lowest BCUT2D eigenvalue weighted by molar-refractivity contribution is -0.155. The topological polar surface area (TPSA) is 196 Å². The van der Waals surface area contributed by atoms with E-state index in [1.807, 2.05) is 45.0 Å². The molecule has 0 unspecified atom stereocenters. The van der Waals surface area contributed by atoms with E-state index in [-0.39, 0.29) is 50.9 Å². The third kappa shape index (κ3) is 11.3. The van der Waals surface area contributed by atoms with Gasteiger partial charge in [0.25, 0.3) is 11.8 Å². The van der Waals surface area contributed by atoms with Crippen molar-refractivity contribution < 1.29 is 52.4 Å². The van der Waals surface area contributed by atoms with Crippen molar-refractivity contribution in [1.29, 1.82) is 0 Å². The first kappa shape index (κ1) is 51.4. The number of benzene rings is 2. The van der Waals surface area contributed by atoms with Crippen LogP contribution >= 0.6 is 0 Å². The second kappa shape index (κ2) is 20.9. The van der Waals surface area contributed by atoms with Crippen LogP contribution in [0.15, 0.2) is 54.7 Å². The summed E-state index contributed by atoms with van der Waals surface area (Å²) in [6, 6.07) is 11.9. The van der Waals surface area contributed by atoms with E-state index in [1.54, 1.807) is 39.1 Å². The Labute approximate surface area is 406 Å². The molecule has 0 spiro atoms. The number of nitrogens with zero attached hydrogens (tertiary/aromatic N) is 5. The molecule has 2 fully saturated rings. The van der Waals surface area contributed by atoms with E-state index in [1.165, 1.54) is 28.9 Å². The average molecular weight is 968 g/mol. The fourth-order valence-electron chi connectivity index (χ4n) is 10.0. The lowest BCUT2D eigenvalue weighted by Crippen LogP contribution is -2.62. The van der Waals surface area contributed by atoms with E-state index in [0.29, 0.717) is 36.9 Å². The van der Waals surface area contributed by atoms with Crippen molar-refractivity contribution >= 4 is 40.5 Å². The molecule has 7 rings (SSSR count). The smallest absolute Gasteiger partial charge is 0.421 e. The minimum Gasteiger partial charge on any atom is -0.508 e. The number of aryl methyl sites for hydroxylation is 1. The number of alkyl halides is 2. The van der Waals surface area contributed by atoms with Crippen LogP contribution in [0, 0.1) is 29.1 Å². The number of halogens is 2. The van der Waals surface area contributed by atoms with E-state index >= 15 is 0 Å². The van der Waals surface area contributed by atoms with Gasteiger partial charge in [-0.2, -0.15) is 8.78 Å². The molecule has 18 heteroatoms. The summed E-state index contributed by atoms with van der Waals surface area (Å²) in [6.07, 6.45) is -1.47. The van der Waals surface area contributed by atoms with Crippen molar-refractivity contribution in [1.82, 2.24) is 35.1 Å². The number of aromatic nitrogens is 2. The van der Waals surface area contributed by atoms with Crippen molar-refractivity contribution in [3.05, 3.63) is 71.5 Å². The Morgan fingerprint density at radius 3 is 2.54 bits per heavy atom. The highest BCUT2D eigenvalue weighted by Crippen LogP contribution is 2.42. The Kier molecular flexibility index (Phi) is 15.3. The van der Waals surface area contributed by atoms with E-state index in [2.05, 4.69) is 34.4 Å². The first-order chi connectivity index (χ1) is 33.1. The molecule has 0 saturated carbocycles. The number of aliphatic hydroxyl groups is 1. The highest BCUT2D eigenvalue weighted by Gasteiger charge is 2.40. The summed E-state index contributed by atoms with van der Waals surface area (Å²) in [5.74, 6) is -1.59. The molecule has 4 aromatic rings. The summed E-state index contributed by atoms with van der Waals surface area (Å²) in [4.78, 5) is 76.8. The number of phenols is 1. The lowest BCUT2D eigenvalue weighted by atomic mass is 9.84. The Balaban J connectivity index is 1.27. The predicted octanol–water partition coefficient (Wildman–Crippen LogP) is 5.37. The summed E-state index contributed by atoms with van der Waals surface area (Å²) >= 11 is 0. The van der Waals surface area contributed by atoms with Gasteiger partial charge in [0.05, 0.1) is 30.0 Å². The first-order valence-electron chi connectivity index (χ1n) is 23.8. The van der Waals surface area contributed by atoms with E-state index in [4.69, 9.17) is 19.6 Å². The molecule has 5 heterocycles. The van der Waals surface area contributed by atoms with Gasteiger partial charge in [0.1, 0.15) is 23.9 Å². The minimum atomic E-state index is -4.35. The standard InChI is InChI=1S/C52H63F2N7O9/c1-9-60-42-15-14-33-26-38(42)39(46(60)37-12-10-19-55-44(37)31(4)69-8)27-51(5,6)29-70-50(67)40-13-11-20-61(57-40)49(66)41(24-32-22-35(33)25-36(62)23-32)56-47(64)45(30(2)3)58(7)48(65)34-17-21-59(28-34)43(63)16-18-52(53,54)68/h10,12,14-15,19,22-23,25-26,30-31,34,40-41,45,57,62,68H,9,11,13,17,20-21,24,27-29H2,1-8H3,(H,56,64)/t31-,34-,40-,41-,45-/m0/s1. The molecule has 374 valence electrons. The van der Waals surface area contributed by atoms with Crippen LogP contribution in [0.2, 0.25) is 0 Å². The van der Waals surface area contributed by atoms with Crippen LogP contribution in [-0.4, -0.2) is 129 Å². The summed E-state index contributed by atoms with van der Waals surface area (Å²) in [5, 5.41) is 25.2. The zero-order valence-electron chi connectivity index (χ0n) is 41.0. The minimum absolute atomic E-state index is 0.0485. The summed E-state index contributed by atoms with van der Waals surface area (Å²) in [6.45, 7) is 12.4. The number of methoxy groups -OCH3 is 1. The van der Waals surface area contributed by atoms with Crippen LogP contribution in [0.25, 0.3) is 33.3 Å². The van der Waals surface area contributed by atoms with Gasteiger partial charge in [-0.25, -0.2) is 5.43 Å². The average Bonchev–Trinajstić information content (AvgIpc) is 3.93. The third-order valence-electron chi connectivity index (χ3n) is 13.5. The molecule has 2 saturated heterocycles. The van der Waals surface area contributed by atoms with Gasteiger partial charge in [-0.15, -0.1) is 0 Å². The highest BCUT2D eigenvalue weighted by atomic mass is 19.3. The number of rotatable bonds is 9. The van der Waals surface area contributed by atoms with Crippen molar-refractivity contribution in [2.24, 2.45) is 17.3 Å². The van der Waals surface area contributed by atoms with E-state index in [9.17, 15) is 37.9 Å². The number of ether oxygens (including phenoxy) is 2. The summed E-state index contributed by atoms with van der Waals surface area (Å²) in [7, 11) is 3.10. The third-order valence-corrected chi connectivity index (χ3v) is 13.5. The van der Waals surface area contributed by atoms with Crippen LogP contribution in [0.5, 0.6) is 5.75 Å². The van der Waals surface area contributed by atoms with Crippen LogP contribution in [-0.2, 0) is 52.8 Å². The lowest BCUT2D eigenvalue weighted by Gasteiger charge is -2.37. The van der Waals surface area contributed by atoms with Crippen molar-refractivity contribution in [2.45, 2.75) is 111 Å². The predicted molar refractivity (Wildman–Crippen MR) is 256 cm³/mol. The second-order valence-electron chi connectivity index (χ2n) is 19.7. The van der Waals surface area contributed by atoms with Gasteiger partial charge in [-0.1, -0.05) is 39.8 Å². The molecule has 70 heavy (non-hydrogen) atoms. The number of nitrogens with one attached hydrogen (secondary N) is 2. The molecular weight excluding hydrogens is 905 g/mol. The number of hydrogen-bond acceptors (Lipinski definition) is 11. The van der Waals surface area contributed by atoms with Crippen LogP contribution < -0.4 is 10.7 Å². The maximum Gasteiger partial charge on any atom is 0.421 e. The normalized spacial score (nSPS) is 20.5. The monoisotopic (exact) mass is 967 g/mol. The molecule has 16 nitrogen and oxygen atoms in total. The number of hydrogen-bond donors (Lipinski definition) is 4. The van der Waals surface area contributed by atoms with Crippen molar-refractivity contribution in [2.75, 3.05) is 40.4 Å². The molecular formula is C52H63F2N7O9. The molecule has 4 N–H and O–H groups in total. The van der Waals surface area contributed by atoms with E-state index < -0.39 is 71.1 Å². The Morgan fingerprint density at radius 1 is 1.09 bits per heavy atom. The van der Waals surface area contributed by atoms with Crippen LogP contribution in [0.1, 0.15) is 83.7 Å². The van der Waals surface area contributed by atoms with Gasteiger partial charge in [0, 0.05) is 86.7 Å². The number of likely N-dealkylation sites (N-methyl/N-ethyl adjacent to an activating group) is 1. The van der Waals surface area contributed by atoms with Gasteiger partial charge in [0.15, 0.2) is 0 Å². The van der Waals surface area contributed by atoms with Gasteiger partial charge >= 0.3 is 12.1 Å². The molecule has 2 aromatic carbocycles. The number of carbonyl (C=O) groups excluding carboxylic acids is 5. The number of cyclic esters (lactones) is 1. The van der Waals surface area contributed by atoms with Gasteiger partial charge in [0.2, 0.25) is 11.8 Å². The van der Waals surface area contributed by atoms with Crippen molar-refractivity contribution in [3.63, 3.8) is 0 Å². The zero-order valence-corrected chi connectivity index (χ0v) is 41.0. The fraction of sp³-hybridized carbons (Fsp3) is 0.500. The van der Waals surface area contributed by atoms with Crippen LogP contribution in [0.3, 0.4) is 0 Å². The number of pyridine rings is 1. The molecule has 4 amide bonds. The van der Waals surface area contributed by atoms with E-state index in [0.717, 1.165) is 43.9 Å². The quantitative estimate of drug-likeness (QED) is 0.124. The SMILES string of the molecule is CCn1c(-c2cccnc2[C@H](C)OC)c2c3cc(ccc31)-c1cc(O)cc(c1)C[C@H](NC(=O)[C@H](C(C)C)N(C)C(=O)[C@H]1CCN(C(=O)C#CC(O)(F)F)C1)C(=O)N1CCC[C@H](N1)C(=O)OCC(C)(C)C2. The molecule has 2 aromatic heterocycles. The number of esters is 1. The van der Waals surface area contributed by atoms with Gasteiger partial charge in [-0.05, 0) is 104 Å². The Hall–Kier alpha value is -6.42. The number of hydrazine groups is 1. The number of fused-ring (bicyclic) bond motifs is 6. The molecule has 6 bridgehead atoms. The number of amides is 4. The molecule has 3 aliphatic rings. The molecule has 3 aliphatic heterocycles. The molecule has 5 atom stereocenters. The molecule has 0 aliphatic carbocycles. The Bertz CT molecular complexity index is 2720. The summed E-state index contributed by atoms with van der Waals surface area (Å²) < 4.78 is 40.0. The number of likely N-dealkylation sites (tertiary alicyclic amines) is 1. The second-order valence-corrected chi connectivity index (χ2v) is 19.7. The largest absolute Gasteiger partial charge is 0.508 e. The zero-order chi connectivity index (χ0) is 50.8. The maximum atomic E-state index is 14.7. The fourth-order valence-corrected chi connectivity index (χ4v) is 10.0. The number of phenolic OH excluding ortho intramolecular Hbond substituents is 1. The maximum absolute atomic E-state index is 14.7. The van der Waals surface area contributed by atoms with Crippen molar-refractivity contribution in [3.8, 4) is 40.0 Å². The number of aromatic hydroxyl groups is 1.